The van der Waals surface area contributed by atoms with E-state index in [1.807, 2.05) is 18.2 Å². The molecule has 1 aromatic carbocycles. The molecule has 0 radical (unpaired) electrons. The van der Waals surface area contributed by atoms with Crippen molar-refractivity contribution >= 4 is 34.8 Å². The van der Waals surface area contributed by atoms with Gasteiger partial charge in [0, 0.05) is 22.0 Å². The van der Waals surface area contributed by atoms with Gasteiger partial charge in [-0.3, -0.25) is 4.90 Å². The maximum atomic E-state index is 6.20. The number of hydrogen-bond acceptors (Lipinski definition) is 1. The van der Waals surface area contributed by atoms with E-state index in [-0.39, 0.29) is 5.38 Å². The molecule has 18 heavy (non-hydrogen) atoms. The van der Waals surface area contributed by atoms with Crippen LogP contribution in [0.15, 0.2) is 18.2 Å². The summed E-state index contributed by atoms with van der Waals surface area (Å²) in [5.74, 6) is 0.656. The summed E-state index contributed by atoms with van der Waals surface area (Å²) in [4.78, 5) is 2.44. The molecule has 4 heteroatoms. The first-order valence-electron chi connectivity index (χ1n) is 6.36. The van der Waals surface area contributed by atoms with Gasteiger partial charge < -0.3 is 0 Å². The van der Waals surface area contributed by atoms with Gasteiger partial charge in [-0.05, 0) is 56.5 Å². The summed E-state index contributed by atoms with van der Waals surface area (Å²) in [6.45, 7) is 5.19. The standard InChI is InChI=1S/C14H18Cl3N/c1-10(15)11-4-6-18(7-5-11)9-12-2-3-13(16)8-14(12)17/h2-3,8,10-11H,4-7,9H2,1H3. The molecule has 100 valence electrons. The Morgan fingerprint density at radius 1 is 1.28 bits per heavy atom. The fraction of sp³-hybridized carbons (Fsp3) is 0.571. The number of nitrogens with zero attached hydrogens (tertiary/aromatic N) is 1. The van der Waals surface area contributed by atoms with E-state index in [1.54, 1.807) is 0 Å². The predicted molar refractivity (Wildman–Crippen MR) is 79.8 cm³/mol. The van der Waals surface area contributed by atoms with Crippen LogP contribution in [0.3, 0.4) is 0 Å². The van der Waals surface area contributed by atoms with Crippen molar-refractivity contribution in [2.24, 2.45) is 5.92 Å². The highest BCUT2D eigenvalue weighted by Crippen LogP contribution is 2.27. The van der Waals surface area contributed by atoms with E-state index < -0.39 is 0 Å². The number of benzene rings is 1. The zero-order chi connectivity index (χ0) is 13.1. The second-order valence-electron chi connectivity index (χ2n) is 5.03. The zero-order valence-electron chi connectivity index (χ0n) is 10.5. The minimum Gasteiger partial charge on any atom is -0.299 e. The van der Waals surface area contributed by atoms with Crippen molar-refractivity contribution in [3.05, 3.63) is 33.8 Å². The Morgan fingerprint density at radius 2 is 1.94 bits per heavy atom. The molecule has 1 aromatic rings. The van der Waals surface area contributed by atoms with Gasteiger partial charge in [0.2, 0.25) is 0 Å². The van der Waals surface area contributed by atoms with E-state index in [1.165, 1.54) is 12.8 Å². The van der Waals surface area contributed by atoms with Crippen LogP contribution in [-0.2, 0) is 6.54 Å². The molecule has 2 rings (SSSR count). The number of halogens is 3. The van der Waals surface area contributed by atoms with E-state index in [2.05, 4.69) is 11.8 Å². The fourth-order valence-corrected chi connectivity index (χ4v) is 3.18. The first kappa shape index (κ1) is 14.5. The Bertz CT molecular complexity index is 398. The summed E-state index contributed by atoms with van der Waals surface area (Å²) in [6.07, 6.45) is 2.35. The molecule has 1 aliphatic rings. The van der Waals surface area contributed by atoms with Crippen molar-refractivity contribution in [2.45, 2.75) is 31.7 Å². The average Bonchev–Trinajstić information content (AvgIpc) is 2.33. The summed E-state index contributed by atoms with van der Waals surface area (Å²) in [5, 5.41) is 1.74. The maximum absolute atomic E-state index is 6.20. The summed E-state index contributed by atoms with van der Waals surface area (Å²) >= 11 is 18.2. The van der Waals surface area contributed by atoms with Crippen LogP contribution in [0.2, 0.25) is 10.0 Å². The van der Waals surface area contributed by atoms with E-state index in [0.29, 0.717) is 10.9 Å². The van der Waals surface area contributed by atoms with Gasteiger partial charge >= 0.3 is 0 Å². The summed E-state index contributed by atoms with van der Waals surface area (Å²) in [6, 6.07) is 5.73. The Kier molecular flexibility index (Phi) is 5.20. The quantitative estimate of drug-likeness (QED) is 0.723. The fourth-order valence-electron chi connectivity index (χ4n) is 2.46. The Labute approximate surface area is 124 Å². The van der Waals surface area contributed by atoms with E-state index in [9.17, 15) is 0 Å². The molecule has 0 spiro atoms. The Hall–Kier alpha value is 0.0500. The van der Waals surface area contributed by atoms with Gasteiger partial charge in [0.15, 0.2) is 0 Å². The highest BCUT2D eigenvalue weighted by Gasteiger charge is 2.22. The van der Waals surface area contributed by atoms with Crippen LogP contribution in [-0.4, -0.2) is 23.4 Å². The molecule has 1 saturated heterocycles. The Balaban J connectivity index is 1.91. The molecule has 0 N–H and O–H groups in total. The average molecular weight is 307 g/mol. The first-order chi connectivity index (χ1) is 8.56. The van der Waals surface area contributed by atoms with Gasteiger partial charge in [-0.15, -0.1) is 11.6 Å². The number of piperidine rings is 1. The van der Waals surface area contributed by atoms with E-state index in [4.69, 9.17) is 34.8 Å². The van der Waals surface area contributed by atoms with Gasteiger partial charge in [-0.25, -0.2) is 0 Å². The van der Waals surface area contributed by atoms with Crippen molar-refractivity contribution in [3.63, 3.8) is 0 Å². The molecule has 1 unspecified atom stereocenters. The topological polar surface area (TPSA) is 3.24 Å². The van der Waals surface area contributed by atoms with Crippen LogP contribution in [0.5, 0.6) is 0 Å². The van der Waals surface area contributed by atoms with E-state index in [0.717, 1.165) is 30.2 Å². The monoisotopic (exact) mass is 305 g/mol. The molecule has 1 heterocycles. The lowest BCUT2D eigenvalue weighted by Gasteiger charge is -2.33. The first-order valence-corrected chi connectivity index (χ1v) is 7.56. The third-order valence-corrected chi connectivity index (χ3v) is 4.63. The van der Waals surface area contributed by atoms with Crippen LogP contribution in [0.4, 0.5) is 0 Å². The highest BCUT2D eigenvalue weighted by atomic mass is 35.5. The second-order valence-corrected chi connectivity index (χ2v) is 6.56. The molecule has 0 saturated carbocycles. The lowest BCUT2D eigenvalue weighted by Crippen LogP contribution is -2.35. The number of hydrogen-bond donors (Lipinski definition) is 0. The molecule has 0 bridgehead atoms. The van der Waals surface area contributed by atoms with Crippen LogP contribution >= 0.6 is 34.8 Å². The number of likely N-dealkylation sites (tertiary alicyclic amines) is 1. The minimum atomic E-state index is 0.284. The third-order valence-electron chi connectivity index (χ3n) is 3.69. The molecule has 0 amide bonds. The molecule has 1 atom stereocenters. The number of rotatable bonds is 3. The van der Waals surface area contributed by atoms with E-state index >= 15 is 0 Å². The molecule has 1 fully saturated rings. The molecule has 0 aromatic heterocycles. The Morgan fingerprint density at radius 3 is 2.50 bits per heavy atom. The van der Waals surface area contributed by atoms with Gasteiger partial charge in [-0.1, -0.05) is 29.3 Å². The molecular formula is C14H18Cl3N. The van der Waals surface area contributed by atoms with Crippen molar-refractivity contribution < 1.29 is 0 Å². The largest absolute Gasteiger partial charge is 0.299 e. The minimum absolute atomic E-state index is 0.284. The van der Waals surface area contributed by atoms with Crippen molar-refractivity contribution in [1.82, 2.24) is 4.90 Å². The lowest BCUT2D eigenvalue weighted by atomic mass is 9.94. The molecule has 0 aliphatic carbocycles. The van der Waals surface area contributed by atoms with Crippen molar-refractivity contribution in [2.75, 3.05) is 13.1 Å². The molecular weight excluding hydrogens is 289 g/mol. The van der Waals surface area contributed by atoms with Gasteiger partial charge in [0.1, 0.15) is 0 Å². The molecule has 1 aliphatic heterocycles. The molecule has 1 nitrogen and oxygen atoms in total. The van der Waals surface area contributed by atoms with Gasteiger partial charge in [0.05, 0.1) is 0 Å². The van der Waals surface area contributed by atoms with Crippen molar-refractivity contribution in [1.29, 1.82) is 0 Å². The van der Waals surface area contributed by atoms with Crippen LogP contribution in [0.1, 0.15) is 25.3 Å². The summed E-state index contributed by atoms with van der Waals surface area (Å²) in [5.41, 5.74) is 1.15. The van der Waals surface area contributed by atoms with Crippen LogP contribution in [0, 0.1) is 5.92 Å². The zero-order valence-corrected chi connectivity index (χ0v) is 12.8. The van der Waals surface area contributed by atoms with Crippen molar-refractivity contribution in [3.8, 4) is 0 Å². The van der Waals surface area contributed by atoms with Gasteiger partial charge in [0.25, 0.3) is 0 Å². The second kappa shape index (κ2) is 6.47. The summed E-state index contributed by atoms with van der Waals surface area (Å²) < 4.78 is 0. The predicted octanol–water partition coefficient (Wildman–Crippen LogP) is 4.83. The van der Waals surface area contributed by atoms with Crippen LogP contribution in [0.25, 0.3) is 0 Å². The van der Waals surface area contributed by atoms with Gasteiger partial charge in [-0.2, -0.15) is 0 Å². The number of alkyl halides is 1. The third kappa shape index (κ3) is 3.77. The lowest BCUT2D eigenvalue weighted by molar-refractivity contribution is 0.176. The highest BCUT2D eigenvalue weighted by molar-refractivity contribution is 6.35. The maximum Gasteiger partial charge on any atom is 0.0465 e. The SMILES string of the molecule is CC(Cl)C1CCN(Cc2ccc(Cl)cc2Cl)CC1. The van der Waals surface area contributed by atoms with Crippen LogP contribution < -0.4 is 0 Å². The summed E-state index contributed by atoms with van der Waals surface area (Å²) in [7, 11) is 0. The normalized spacial score (nSPS) is 20.0. The smallest absolute Gasteiger partial charge is 0.0465 e.